The lowest BCUT2D eigenvalue weighted by Gasteiger charge is -2.36. The molecule has 0 aromatic heterocycles. The zero-order valence-electron chi connectivity index (χ0n) is 18.0. The van der Waals surface area contributed by atoms with Crippen molar-refractivity contribution in [1.82, 2.24) is 4.72 Å². The van der Waals surface area contributed by atoms with Gasteiger partial charge in [0.25, 0.3) is 0 Å². The highest BCUT2D eigenvalue weighted by Gasteiger charge is 2.65. The summed E-state index contributed by atoms with van der Waals surface area (Å²) in [5, 5.41) is 0. The second kappa shape index (κ2) is 9.22. The number of nitrogens with one attached hydrogen (secondary N) is 1. The monoisotopic (exact) mass is 435 g/mol. The maximum atomic E-state index is 12.8. The molecule has 0 radical (unpaired) electrons. The van der Waals surface area contributed by atoms with Crippen molar-refractivity contribution in [3.63, 3.8) is 0 Å². The van der Waals surface area contributed by atoms with Crippen molar-refractivity contribution in [2.45, 2.75) is 66.3 Å². The number of sulfonamides is 1. The van der Waals surface area contributed by atoms with Gasteiger partial charge >= 0.3 is 8.80 Å². The van der Waals surface area contributed by atoms with Crippen LogP contribution in [0, 0.1) is 16.7 Å². The SMILES string of the molecule is CCO[Si](CCCNS(=O)(=O)C[C@@]12CC[C@@H](CC1=O)C2(C)C)(OCC)OCC. The Morgan fingerprint density at radius 2 is 1.68 bits per heavy atom. The van der Waals surface area contributed by atoms with E-state index in [0.29, 0.717) is 57.6 Å². The average Bonchev–Trinajstić information content (AvgIpc) is 2.93. The normalized spacial score (nSPS) is 26.9. The largest absolute Gasteiger partial charge is 0.500 e. The zero-order valence-corrected chi connectivity index (χ0v) is 19.8. The molecule has 9 heteroatoms. The van der Waals surface area contributed by atoms with Gasteiger partial charge in [-0.3, -0.25) is 4.79 Å². The highest BCUT2D eigenvalue weighted by molar-refractivity contribution is 7.89. The van der Waals surface area contributed by atoms with Gasteiger partial charge in [-0.1, -0.05) is 13.8 Å². The zero-order chi connectivity index (χ0) is 21.1. The number of rotatable bonds is 13. The number of carbonyl (C=O) groups excluding carboxylic acids is 1. The molecule has 2 rings (SSSR count). The van der Waals surface area contributed by atoms with Crippen molar-refractivity contribution in [2.75, 3.05) is 32.1 Å². The summed E-state index contributed by atoms with van der Waals surface area (Å²) in [7, 11) is -6.31. The van der Waals surface area contributed by atoms with Crippen LogP contribution in [0.15, 0.2) is 0 Å². The minimum Gasteiger partial charge on any atom is -0.374 e. The van der Waals surface area contributed by atoms with Gasteiger partial charge in [0.1, 0.15) is 5.78 Å². The fourth-order valence-electron chi connectivity index (χ4n) is 5.02. The number of Topliss-reactive ketones (excluding diaryl/α,β-unsaturated/α-hetero) is 1. The molecule has 0 aromatic rings. The Labute approximate surface area is 171 Å². The standard InChI is InChI=1S/C19H37NO6SSi/c1-6-24-28(25-7-2,26-8-3)13-9-12-20-27(22,23)15-19-11-10-16(14-17(19)21)18(19,4)5/h16,20H,6-15H2,1-5H3/t16-,19-/m0/s1. The van der Waals surface area contributed by atoms with Crippen molar-refractivity contribution in [2.24, 2.45) is 16.7 Å². The summed E-state index contributed by atoms with van der Waals surface area (Å²) in [4.78, 5) is 12.6. The van der Waals surface area contributed by atoms with E-state index in [-0.39, 0.29) is 17.0 Å². The molecule has 2 saturated carbocycles. The van der Waals surface area contributed by atoms with Gasteiger partial charge in [0.2, 0.25) is 10.0 Å². The fourth-order valence-corrected chi connectivity index (χ4v) is 9.51. The Morgan fingerprint density at radius 3 is 2.11 bits per heavy atom. The summed E-state index contributed by atoms with van der Waals surface area (Å²) in [5.74, 6) is 0.327. The van der Waals surface area contributed by atoms with Crippen LogP contribution in [0.3, 0.4) is 0 Å². The first-order chi connectivity index (χ1) is 13.1. The van der Waals surface area contributed by atoms with Gasteiger partial charge in [0, 0.05) is 44.2 Å². The molecule has 0 heterocycles. The Hall–Kier alpha value is -0.323. The van der Waals surface area contributed by atoms with Crippen LogP contribution >= 0.6 is 0 Å². The van der Waals surface area contributed by atoms with E-state index < -0.39 is 24.2 Å². The van der Waals surface area contributed by atoms with E-state index in [2.05, 4.69) is 18.6 Å². The van der Waals surface area contributed by atoms with E-state index >= 15 is 0 Å². The minimum absolute atomic E-state index is 0.104. The van der Waals surface area contributed by atoms with Crippen molar-refractivity contribution < 1.29 is 26.5 Å². The average molecular weight is 436 g/mol. The van der Waals surface area contributed by atoms with Gasteiger partial charge in [-0.05, 0) is 51.4 Å². The van der Waals surface area contributed by atoms with Crippen molar-refractivity contribution >= 4 is 24.6 Å². The molecular weight excluding hydrogens is 398 g/mol. The molecule has 2 aliphatic carbocycles. The fraction of sp³-hybridized carbons (Fsp3) is 0.947. The predicted octanol–water partition coefficient (Wildman–Crippen LogP) is 2.74. The smallest absolute Gasteiger partial charge is 0.374 e. The number of hydrogen-bond donors (Lipinski definition) is 1. The molecule has 0 aromatic carbocycles. The van der Waals surface area contributed by atoms with Gasteiger partial charge in [0.15, 0.2) is 0 Å². The van der Waals surface area contributed by atoms with Crippen LogP contribution in [-0.4, -0.2) is 55.1 Å². The van der Waals surface area contributed by atoms with E-state index in [4.69, 9.17) is 13.3 Å². The Balaban J connectivity index is 1.94. The molecular formula is C19H37NO6SSi. The Morgan fingerprint density at radius 1 is 1.11 bits per heavy atom. The molecule has 7 nitrogen and oxygen atoms in total. The van der Waals surface area contributed by atoms with Crippen LogP contribution in [-0.2, 0) is 28.1 Å². The first-order valence-corrected chi connectivity index (χ1v) is 14.1. The van der Waals surface area contributed by atoms with Crippen LogP contribution in [0.25, 0.3) is 0 Å². The maximum absolute atomic E-state index is 12.8. The third kappa shape index (κ3) is 4.70. The van der Waals surface area contributed by atoms with Crippen molar-refractivity contribution in [3.05, 3.63) is 0 Å². The highest BCUT2D eigenvalue weighted by Crippen LogP contribution is 2.64. The van der Waals surface area contributed by atoms with Gasteiger partial charge in [-0.25, -0.2) is 13.1 Å². The molecule has 0 amide bonds. The summed E-state index contributed by atoms with van der Waals surface area (Å²) >= 11 is 0. The number of carbonyl (C=O) groups is 1. The van der Waals surface area contributed by atoms with Crippen LogP contribution in [0.4, 0.5) is 0 Å². The van der Waals surface area contributed by atoms with Crippen LogP contribution in [0.5, 0.6) is 0 Å². The van der Waals surface area contributed by atoms with Crippen LogP contribution in [0.1, 0.15) is 60.3 Å². The van der Waals surface area contributed by atoms with Crippen LogP contribution < -0.4 is 4.72 Å². The Kier molecular flexibility index (Phi) is 7.89. The van der Waals surface area contributed by atoms with Gasteiger partial charge < -0.3 is 13.3 Å². The molecule has 0 aliphatic heterocycles. The van der Waals surface area contributed by atoms with Gasteiger partial charge in [0.05, 0.1) is 5.75 Å². The third-order valence-corrected chi connectivity index (χ3v) is 11.3. The lowest BCUT2D eigenvalue weighted by Crippen LogP contribution is -2.47. The maximum Gasteiger partial charge on any atom is 0.500 e. The topological polar surface area (TPSA) is 90.9 Å². The lowest BCUT2D eigenvalue weighted by molar-refractivity contribution is -0.128. The molecule has 0 unspecified atom stereocenters. The van der Waals surface area contributed by atoms with Gasteiger partial charge in [-0.2, -0.15) is 0 Å². The Bertz CT molecular complexity index is 636. The summed E-state index contributed by atoms with van der Waals surface area (Å²) in [6.45, 7) is 11.6. The second-order valence-electron chi connectivity index (χ2n) is 8.41. The number of ketones is 1. The highest BCUT2D eigenvalue weighted by atomic mass is 32.2. The molecule has 2 bridgehead atoms. The van der Waals surface area contributed by atoms with E-state index in [0.717, 1.165) is 6.42 Å². The molecule has 0 spiro atoms. The second-order valence-corrected chi connectivity index (χ2v) is 12.9. The summed E-state index contributed by atoms with van der Waals surface area (Å²) in [5.41, 5.74) is -0.982. The third-order valence-electron chi connectivity index (χ3n) is 6.65. The molecule has 1 N–H and O–H groups in total. The summed E-state index contributed by atoms with van der Waals surface area (Å²) in [6, 6.07) is 0.558. The van der Waals surface area contributed by atoms with E-state index in [9.17, 15) is 13.2 Å². The van der Waals surface area contributed by atoms with E-state index in [1.165, 1.54) is 0 Å². The van der Waals surface area contributed by atoms with Crippen molar-refractivity contribution in [1.29, 1.82) is 0 Å². The predicted molar refractivity (Wildman–Crippen MR) is 110 cm³/mol. The number of fused-ring (bicyclic) bond motifs is 2. The first-order valence-electron chi connectivity index (χ1n) is 10.5. The van der Waals surface area contributed by atoms with E-state index in [1.807, 2.05) is 20.8 Å². The quantitative estimate of drug-likeness (QED) is 0.353. The van der Waals surface area contributed by atoms with Crippen molar-refractivity contribution in [3.8, 4) is 0 Å². The first kappa shape index (κ1) is 24.0. The van der Waals surface area contributed by atoms with E-state index in [1.54, 1.807) is 0 Å². The molecule has 0 saturated heterocycles. The summed E-state index contributed by atoms with van der Waals surface area (Å²) < 4.78 is 45.6. The minimum atomic E-state index is -3.55. The molecule has 2 aliphatic rings. The van der Waals surface area contributed by atoms with Gasteiger partial charge in [-0.15, -0.1) is 0 Å². The summed E-state index contributed by atoms with van der Waals surface area (Å²) in [6.07, 6.45) is 2.71. The number of hydrogen-bond acceptors (Lipinski definition) is 6. The molecule has 164 valence electrons. The molecule has 2 fully saturated rings. The molecule has 2 atom stereocenters. The van der Waals surface area contributed by atoms with Crippen LogP contribution in [0.2, 0.25) is 6.04 Å². The lowest BCUT2D eigenvalue weighted by atomic mass is 9.70. The molecule has 28 heavy (non-hydrogen) atoms.